The predicted octanol–water partition coefficient (Wildman–Crippen LogP) is 4.31. The normalized spacial score (nSPS) is 11.1. The first-order chi connectivity index (χ1) is 13.1. The van der Waals surface area contributed by atoms with Gasteiger partial charge in [0.25, 0.3) is 0 Å². The number of thioether (sulfide) groups is 1. The van der Waals surface area contributed by atoms with Crippen molar-refractivity contribution in [3.8, 4) is 0 Å². The van der Waals surface area contributed by atoms with Crippen molar-refractivity contribution in [2.75, 3.05) is 18.8 Å². The van der Waals surface area contributed by atoms with Crippen LogP contribution in [0.25, 0.3) is 0 Å². The van der Waals surface area contributed by atoms with Gasteiger partial charge < -0.3 is 15.7 Å². The molecule has 28 heavy (non-hydrogen) atoms. The average molecular weight is 521 g/mol. The summed E-state index contributed by atoms with van der Waals surface area (Å²) in [5, 5.41) is 15.6. The first-order valence-electron chi connectivity index (χ1n) is 8.91. The van der Waals surface area contributed by atoms with Gasteiger partial charge in [-0.05, 0) is 61.1 Å². The van der Waals surface area contributed by atoms with Gasteiger partial charge in [0.1, 0.15) is 11.6 Å². The van der Waals surface area contributed by atoms with Crippen LogP contribution in [0.5, 0.6) is 0 Å². The van der Waals surface area contributed by atoms with Crippen molar-refractivity contribution < 1.29 is 13.9 Å². The quantitative estimate of drug-likeness (QED) is 0.151. The highest BCUT2D eigenvalue weighted by molar-refractivity contribution is 14.0. The van der Waals surface area contributed by atoms with Gasteiger partial charge in [0.15, 0.2) is 5.96 Å². The number of aliphatic hydroxyl groups is 1. The molecule has 0 aromatic heterocycles. The number of aliphatic imine (C=N–C) groups is 1. The Bertz CT molecular complexity index is 745. The monoisotopic (exact) mass is 521 g/mol. The van der Waals surface area contributed by atoms with Gasteiger partial charge in [-0.25, -0.2) is 13.8 Å². The molecule has 3 N–H and O–H groups in total. The van der Waals surface area contributed by atoms with E-state index in [1.54, 1.807) is 36.0 Å². The Labute approximate surface area is 186 Å². The molecule has 0 aliphatic rings. The van der Waals surface area contributed by atoms with E-state index in [0.717, 1.165) is 35.7 Å². The van der Waals surface area contributed by atoms with E-state index in [4.69, 9.17) is 5.11 Å². The third kappa shape index (κ3) is 8.74. The minimum Gasteiger partial charge on any atom is -0.392 e. The number of aliphatic hydroxyl groups excluding tert-OH is 1. The highest BCUT2D eigenvalue weighted by Gasteiger charge is 2.03. The Morgan fingerprint density at radius 1 is 1.11 bits per heavy atom. The molecular formula is C20H26F2IN3OS. The number of nitrogens with one attached hydrogen (secondary N) is 2. The van der Waals surface area contributed by atoms with Crippen LogP contribution < -0.4 is 10.6 Å². The Morgan fingerprint density at radius 3 is 2.54 bits per heavy atom. The van der Waals surface area contributed by atoms with Gasteiger partial charge >= 0.3 is 0 Å². The van der Waals surface area contributed by atoms with Crippen LogP contribution in [-0.4, -0.2) is 29.9 Å². The van der Waals surface area contributed by atoms with Gasteiger partial charge in [-0.3, -0.25) is 0 Å². The minimum absolute atomic E-state index is 0. The lowest BCUT2D eigenvalue weighted by atomic mass is 10.1. The van der Waals surface area contributed by atoms with Crippen LogP contribution in [-0.2, 0) is 13.2 Å². The number of nitrogens with zero attached hydrogens (tertiary/aromatic N) is 1. The summed E-state index contributed by atoms with van der Waals surface area (Å²) in [7, 11) is 0. The first-order valence-corrected chi connectivity index (χ1v) is 9.89. The Kier molecular flexibility index (Phi) is 12.1. The zero-order chi connectivity index (χ0) is 19.5. The fourth-order valence-corrected chi connectivity index (χ4v) is 3.21. The third-order valence-corrected chi connectivity index (χ3v) is 4.84. The van der Waals surface area contributed by atoms with Gasteiger partial charge in [-0.2, -0.15) is 0 Å². The molecule has 0 heterocycles. The number of hydrogen-bond acceptors (Lipinski definition) is 3. The summed E-state index contributed by atoms with van der Waals surface area (Å²) < 4.78 is 26.3. The fourth-order valence-electron chi connectivity index (χ4n) is 2.36. The second-order valence-electron chi connectivity index (χ2n) is 5.86. The Morgan fingerprint density at radius 2 is 1.86 bits per heavy atom. The van der Waals surface area contributed by atoms with E-state index in [0.29, 0.717) is 12.5 Å². The van der Waals surface area contributed by atoms with Crippen LogP contribution in [0.15, 0.2) is 52.4 Å². The van der Waals surface area contributed by atoms with Crippen LogP contribution in [0.3, 0.4) is 0 Å². The molecule has 0 saturated heterocycles. The lowest BCUT2D eigenvalue weighted by Gasteiger charge is -2.11. The SMILES string of the molecule is CCNC(=NCc1ccc(F)c(CO)c1)NCCCSc1ccc(F)cc1.I. The van der Waals surface area contributed by atoms with E-state index >= 15 is 0 Å². The first kappa shape index (κ1) is 24.6. The van der Waals surface area contributed by atoms with Crippen molar-refractivity contribution in [2.45, 2.75) is 31.4 Å². The molecule has 0 saturated carbocycles. The summed E-state index contributed by atoms with van der Waals surface area (Å²) in [6.45, 7) is 3.55. The number of benzene rings is 2. The molecule has 154 valence electrons. The second-order valence-corrected chi connectivity index (χ2v) is 7.03. The zero-order valence-electron chi connectivity index (χ0n) is 15.8. The summed E-state index contributed by atoms with van der Waals surface area (Å²) >= 11 is 1.68. The van der Waals surface area contributed by atoms with Gasteiger partial charge in [-0.1, -0.05) is 6.07 Å². The molecule has 2 rings (SSSR count). The molecule has 8 heteroatoms. The smallest absolute Gasteiger partial charge is 0.191 e. The summed E-state index contributed by atoms with van der Waals surface area (Å²) in [4.78, 5) is 5.55. The topological polar surface area (TPSA) is 56.7 Å². The van der Waals surface area contributed by atoms with Crippen LogP contribution in [0.2, 0.25) is 0 Å². The molecule has 0 spiro atoms. The molecule has 0 atom stereocenters. The summed E-state index contributed by atoms with van der Waals surface area (Å²) in [5.74, 6) is 0.975. The molecule has 0 radical (unpaired) electrons. The molecule has 0 amide bonds. The lowest BCUT2D eigenvalue weighted by molar-refractivity contribution is 0.275. The van der Waals surface area contributed by atoms with Crippen LogP contribution in [0.1, 0.15) is 24.5 Å². The molecule has 0 aliphatic carbocycles. The summed E-state index contributed by atoms with van der Waals surface area (Å²) in [5.41, 5.74) is 1.11. The third-order valence-electron chi connectivity index (χ3n) is 3.74. The highest BCUT2D eigenvalue weighted by Crippen LogP contribution is 2.18. The van der Waals surface area contributed by atoms with E-state index < -0.39 is 5.82 Å². The fraction of sp³-hybridized carbons (Fsp3) is 0.350. The molecular weight excluding hydrogens is 495 g/mol. The number of hydrogen-bond donors (Lipinski definition) is 3. The van der Waals surface area contributed by atoms with Crippen molar-refractivity contribution in [3.05, 3.63) is 65.2 Å². The standard InChI is InChI=1S/C20H25F2N3OS.HI/c1-2-23-20(25-13-15-4-9-19(22)16(12-15)14-26)24-10-3-11-27-18-7-5-17(21)6-8-18;/h4-9,12,26H,2-3,10-11,13-14H2,1H3,(H2,23,24,25);1H. The second kappa shape index (κ2) is 13.7. The predicted molar refractivity (Wildman–Crippen MR) is 122 cm³/mol. The van der Waals surface area contributed by atoms with Crippen molar-refractivity contribution in [1.29, 1.82) is 0 Å². The molecule has 2 aromatic rings. The lowest BCUT2D eigenvalue weighted by Crippen LogP contribution is -2.37. The van der Waals surface area contributed by atoms with E-state index in [1.165, 1.54) is 18.2 Å². The van der Waals surface area contributed by atoms with Gasteiger partial charge in [0, 0.05) is 23.5 Å². The highest BCUT2D eigenvalue weighted by atomic mass is 127. The minimum atomic E-state index is -0.408. The van der Waals surface area contributed by atoms with Crippen LogP contribution >= 0.6 is 35.7 Å². The van der Waals surface area contributed by atoms with E-state index in [9.17, 15) is 8.78 Å². The Hall–Kier alpha value is -1.39. The zero-order valence-corrected chi connectivity index (χ0v) is 18.9. The molecule has 0 unspecified atom stereocenters. The van der Waals surface area contributed by atoms with Crippen molar-refractivity contribution in [3.63, 3.8) is 0 Å². The molecule has 2 aromatic carbocycles. The largest absolute Gasteiger partial charge is 0.392 e. The average Bonchev–Trinajstić information content (AvgIpc) is 2.68. The van der Waals surface area contributed by atoms with Crippen molar-refractivity contribution >= 4 is 41.7 Å². The van der Waals surface area contributed by atoms with Gasteiger partial charge in [0.2, 0.25) is 0 Å². The number of halogens is 3. The van der Waals surface area contributed by atoms with Crippen molar-refractivity contribution in [1.82, 2.24) is 10.6 Å². The Balaban J connectivity index is 0.00000392. The van der Waals surface area contributed by atoms with Crippen LogP contribution in [0.4, 0.5) is 8.78 Å². The van der Waals surface area contributed by atoms with E-state index in [1.807, 2.05) is 6.92 Å². The maximum atomic E-state index is 13.4. The summed E-state index contributed by atoms with van der Waals surface area (Å²) in [6.07, 6.45) is 0.928. The molecule has 0 fully saturated rings. The van der Waals surface area contributed by atoms with E-state index in [2.05, 4.69) is 15.6 Å². The van der Waals surface area contributed by atoms with E-state index in [-0.39, 0.29) is 42.0 Å². The number of guanidine groups is 1. The molecule has 4 nitrogen and oxygen atoms in total. The summed E-state index contributed by atoms with van der Waals surface area (Å²) in [6, 6.07) is 11.1. The number of rotatable bonds is 9. The van der Waals surface area contributed by atoms with Gasteiger partial charge in [-0.15, -0.1) is 35.7 Å². The van der Waals surface area contributed by atoms with Gasteiger partial charge in [0.05, 0.1) is 13.2 Å². The maximum Gasteiger partial charge on any atom is 0.191 e. The molecule has 0 aliphatic heterocycles. The molecule has 0 bridgehead atoms. The van der Waals surface area contributed by atoms with Crippen LogP contribution in [0, 0.1) is 11.6 Å². The maximum absolute atomic E-state index is 13.4. The van der Waals surface area contributed by atoms with Crippen molar-refractivity contribution in [2.24, 2.45) is 4.99 Å².